The van der Waals surface area contributed by atoms with E-state index in [1.807, 2.05) is 18.2 Å². The molecule has 1 fully saturated rings. The third kappa shape index (κ3) is 2.96. The van der Waals surface area contributed by atoms with Crippen LogP contribution < -0.4 is 27.5 Å². The molecule has 0 radical (unpaired) electrons. The van der Waals surface area contributed by atoms with Crippen LogP contribution in [0.1, 0.15) is 32.1 Å². The minimum Gasteiger partial charge on any atom is -1.00 e. The number of nitrogens with one attached hydrogen (secondary N) is 2. The van der Waals surface area contributed by atoms with Gasteiger partial charge in [-0.3, -0.25) is 4.99 Å². The highest BCUT2D eigenvalue weighted by Gasteiger charge is 2.22. The van der Waals surface area contributed by atoms with Crippen molar-refractivity contribution in [2.24, 2.45) is 0 Å². The van der Waals surface area contributed by atoms with Crippen LogP contribution in [0.25, 0.3) is 0 Å². The Morgan fingerprint density at radius 1 is 1.11 bits per heavy atom. The van der Waals surface area contributed by atoms with Crippen LogP contribution in [0.15, 0.2) is 24.3 Å². The van der Waals surface area contributed by atoms with Crippen molar-refractivity contribution in [1.82, 2.24) is 0 Å². The third-order valence-corrected chi connectivity index (χ3v) is 3.53. The van der Waals surface area contributed by atoms with Crippen molar-refractivity contribution in [1.29, 1.82) is 0 Å². The van der Waals surface area contributed by atoms with Crippen molar-refractivity contribution in [3.63, 3.8) is 0 Å². The summed E-state index contributed by atoms with van der Waals surface area (Å²) in [6, 6.07) is 8.70. The quantitative estimate of drug-likeness (QED) is 0.636. The van der Waals surface area contributed by atoms with Gasteiger partial charge in [-0.1, -0.05) is 18.6 Å². The summed E-state index contributed by atoms with van der Waals surface area (Å²) in [4.78, 5) is 3.58. The fourth-order valence-corrected chi connectivity index (χ4v) is 2.62. The maximum Gasteiger partial charge on any atom is 0.286 e. The predicted octanol–water partition coefficient (Wildman–Crippen LogP) is -1.69. The van der Waals surface area contributed by atoms with Gasteiger partial charge in [0.2, 0.25) is 0 Å². The van der Waals surface area contributed by atoms with Gasteiger partial charge in [-0.25, -0.2) is 5.32 Å². The fourth-order valence-electron chi connectivity index (χ4n) is 2.62. The minimum absolute atomic E-state index is 0. The van der Waals surface area contributed by atoms with Crippen molar-refractivity contribution in [2.75, 3.05) is 11.9 Å². The molecule has 1 saturated carbocycles. The summed E-state index contributed by atoms with van der Waals surface area (Å²) in [5, 5.41) is 3.42. The number of para-hydroxylation sites is 2. The molecule has 1 aliphatic heterocycles. The van der Waals surface area contributed by atoms with Crippen molar-refractivity contribution in [2.45, 2.75) is 38.1 Å². The first-order valence-corrected chi connectivity index (χ1v) is 6.53. The average molecular weight is 267 g/mol. The van der Waals surface area contributed by atoms with Gasteiger partial charge < -0.3 is 17.1 Å². The van der Waals surface area contributed by atoms with Crippen LogP contribution in [0, 0.1) is 0 Å². The van der Waals surface area contributed by atoms with Crippen LogP contribution in [0.4, 0.5) is 5.69 Å². The fraction of sp³-hybridized carbons (Fsp3) is 0.500. The van der Waals surface area contributed by atoms with E-state index in [2.05, 4.69) is 16.4 Å². The Labute approximate surface area is 114 Å². The van der Waals surface area contributed by atoms with Crippen LogP contribution in [-0.4, -0.2) is 18.5 Å². The molecule has 0 amide bonds. The zero-order chi connectivity index (χ0) is 11.5. The molecule has 2 N–H and O–H groups in total. The summed E-state index contributed by atoms with van der Waals surface area (Å²) in [5.41, 5.74) is 1.07. The molecule has 3 rings (SSSR count). The van der Waals surface area contributed by atoms with Crippen LogP contribution in [0.5, 0.6) is 5.75 Å². The van der Waals surface area contributed by atoms with Gasteiger partial charge in [0.05, 0.1) is 6.04 Å². The molecule has 1 aliphatic carbocycles. The van der Waals surface area contributed by atoms with Crippen LogP contribution in [-0.2, 0) is 0 Å². The standard InChI is InChI=1S/C14H18N2O.ClH/c1-2-6-11(7-3-1)15-14-10-17-13-9-5-4-8-12(13)16-14;/h4-5,8-9,11H,1-3,6-7,10H2,(H,15,16);1H. The Hall–Kier alpha value is -1.22. The topological polar surface area (TPSA) is 35.2 Å². The SMILES string of the molecule is [Cl-].c1ccc2c(c1)NC(=[NH+]C1CCCCC1)CO2. The van der Waals surface area contributed by atoms with Crippen LogP contribution in [0.3, 0.4) is 0 Å². The first-order chi connectivity index (χ1) is 8.42. The first kappa shape index (κ1) is 13.2. The van der Waals surface area contributed by atoms with Gasteiger partial charge in [0.15, 0.2) is 18.0 Å². The molecule has 1 aromatic rings. The minimum atomic E-state index is 0. The average Bonchev–Trinajstić information content (AvgIpc) is 2.40. The Balaban J connectivity index is 0.00000120. The zero-order valence-electron chi connectivity index (χ0n) is 10.4. The summed E-state index contributed by atoms with van der Waals surface area (Å²) < 4.78 is 5.72. The molecule has 0 spiro atoms. The van der Waals surface area contributed by atoms with Gasteiger partial charge in [-0.05, 0) is 37.8 Å². The monoisotopic (exact) mass is 266 g/mol. The van der Waals surface area contributed by atoms with E-state index in [1.165, 1.54) is 32.1 Å². The molecule has 0 atom stereocenters. The van der Waals surface area contributed by atoms with Gasteiger partial charge in [0.25, 0.3) is 5.84 Å². The number of ether oxygens (including phenoxy) is 1. The molecule has 0 aromatic heterocycles. The van der Waals surface area contributed by atoms with Crippen LogP contribution >= 0.6 is 0 Å². The van der Waals surface area contributed by atoms with E-state index in [0.29, 0.717) is 12.6 Å². The Kier molecular flexibility index (Phi) is 4.48. The molecule has 18 heavy (non-hydrogen) atoms. The van der Waals surface area contributed by atoms with E-state index in [1.54, 1.807) is 0 Å². The summed E-state index contributed by atoms with van der Waals surface area (Å²) in [5.74, 6) is 2.05. The maximum atomic E-state index is 5.72. The van der Waals surface area contributed by atoms with E-state index < -0.39 is 0 Å². The summed E-state index contributed by atoms with van der Waals surface area (Å²) in [7, 11) is 0. The summed E-state index contributed by atoms with van der Waals surface area (Å²) in [6.45, 7) is 0.632. The molecule has 1 aromatic carbocycles. The number of anilines is 1. The lowest BCUT2D eigenvalue weighted by Crippen LogP contribution is -3.00. The second-order valence-corrected chi connectivity index (χ2v) is 4.87. The molecule has 2 aliphatic rings. The van der Waals surface area contributed by atoms with Gasteiger partial charge in [0, 0.05) is 0 Å². The highest BCUT2D eigenvalue weighted by Crippen LogP contribution is 2.25. The van der Waals surface area contributed by atoms with Gasteiger partial charge >= 0.3 is 0 Å². The molecule has 3 nitrogen and oxygen atoms in total. The molecule has 0 unspecified atom stereocenters. The van der Waals surface area contributed by atoms with Gasteiger partial charge in [-0.15, -0.1) is 0 Å². The highest BCUT2D eigenvalue weighted by atomic mass is 35.5. The molecular formula is C14H19ClN2O. The Bertz CT molecular complexity index is 428. The molecule has 1 heterocycles. The van der Waals surface area contributed by atoms with E-state index in [4.69, 9.17) is 4.74 Å². The largest absolute Gasteiger partial charge is 1.00 e. The Morgan fingerprint density at radius 3 is 2.72 bits per heavy atom. The second-order valence-electron chi connectivity index (χ2n) is 4.87. The lowest BCUT2D eigenvalue weighted by Gasteiger charge is -2.19. The molecule has 98 valence electrons. The molecule has 0 saturated heterocycles. The molecule has 0 bridgehead atoms. The predicted molar refractivity (Wildman–Crippen MR) is 68.4 cm³/mol. The van der Waals surface area contributed by atoms with E-state index in [-0.39, 0.29) is 12.4 Å². The van der Waals surface area contributed by atoms with Crippen molar-refractivity contribution in [3.8, 4) is 5.75 Å². The smallest absolute Gasteiger partial charge is 0.286 e. The van der Waals surface area contributed by atoms with E-state index in [9.17, 15) is 0 Å². The zero-order valence-corrected chi connectivity index (χ0v) is 11.2. The van der Waals surface area contributed by atoms with Gasteiger partial charge in [-0.2, -0.15) is 0 Å². The highest BCUT2D eigenvalue weighted by molar-refractivity contribution is 5.95. The number of fused-ring (bicyclic) bond motifs is 1. The van der Waals surface area contributed by atoms with Crippen LogP contribution in [0.2, 0.25) is 0 Å². The maximum absolute atomic E-state index is 5.72. The van der Waals surface area contributed by atoms with Crippen molar-refractivity contribution >= 4 is 11.5 Å². The number of rotatable bonds is 1. The number of benzene rings is 1. The normalized spacial score (nSPS) is 21.4. The summed E-state index contributed by atoms with van der Waals surface area (Å²) >= 11 is 0. The lowest BCUT2D eigenvalue weighted by molar-refractivity contribution is -0.509. The first-order valence-electron chi connectivity index (χ1n) is 6.53. The Morgan fingerprint density at radius 2 is 1.89 bits per heavy atom. The van der Waals surface area contributed by atoms with E-state index in [0.717, 1.165) is 17.3 Å². The van der Waals surface area contributed by atoms with Crippen molar-refractivity contribution in [3.05, 3.63) is 24.3 Å². The van der Waals surface area contributed by atoms with E-state index >= 15 is 0 Å². The number of halogens is 1. The van der Waals surface area contributed by atoms with Crippen molar-refractivity contribution < 1.29 is 22.1 Å². The number of hydrogen-bond acceptors (Lipinski definition) is 1. The second kappa shape index (κ2) is 6.10. The molecular weight excluding hydrogens is 248 g/mol. The number of hydrogen-bond donors (Lipinski definition) is 2. The number of amidine groups is 1. The third-order valence-electron chi connectivity index (χ3n) is 3.53. The lowest BCUT2D eigenvalue weighted by atomic mass is 9.96. The van der Waals surface area contributed by atoms with Gasteiger partial charge in [0.1, 0.15) is 0 Å². The summed E-state index contributed by atoms with van der Waals surface area (Å²) in [6.07, 6.45) is 6.66. The molecule has 4 heteroatoms.